The molecule has 78 valence electrons. The molecule has 13 heavy (non-hydrogen) atoms. The van der Waals surface area contributed by atoms with Crippen LogP contribution in [0, 0.1) is 5.41 Å². The van der Waals surface area contributed by atoms with Gasteiger partial charge >= 0.3 is 0 Å². The van der Waals surface area contributed by atoms with Crippen LogP contribution in [-0.2, 0) is 4.74 Å². The van der Waals surface area contributed by atoms with E-state index in [1.807, 2.05) is 0 Å². The monoisotopic (exact) mass is 186 g/mol. The van der Waals surface area contributed by atoms with Crippen LogP contribution in [0.1, 0.15) is 46.0 Å². The van der Waals surface area contributed by atoms with Crippen LogP contribution in [0.3, 0.4) is 0 Å². The Hall–Kier alpha value is -0.0800. The number of hydrogen-bond donors (Lipinski definition) is 1. The van der Waals surface area contributed by atoms with Gasteiger partial charge in [0.25, 0.3) is 0 Å². The Bertz CT molecular complexity index is 165. The van der Waals surface area contributed by atoms with E-state index in [0.29, 0.717) is 12.0 Å². The molecule has 0 aromatic heterocycles. The molecule has 0 spiro atoms. The van der Waals surface area contributed by atoms with E-state index >= 15 is 0 Å². The third kappa shape index (κ3) is 3.28. The van der Waals surface area contributed by atoms with E-state index in [-0.39, 0.29) is 0 Å². The molecule has 2 nitrogen and oxygen atoms in total. The first-order valence-electron chi connectivity index (χ1n) is 5.19. The zero-order valence-corrected chi connectivity index (χ0v) is 9.10. The van der Waals surface area contributed by atoms with Crippen molar-refractivity contribution in [2.24, 2.45) is 5.41 Å². The molecule has 0 radical (unpaired) electrons. The molecule has 0 heterocycles. The zero-order valence-electron chi connectivity index (χ0n) is 9.10. The summed E-state index contributed by atoms with van der Waals surface area (Å²) in [6.45, 7) is 5.06. The predicted octanol–water partition coefficient (Wildman–Crippen LogP) is 2.35. The highest BCUT2D eigenvalue weighted by molar-refractivity contribution is 4.86. The lowest BCUT2D eigenvalue weighted by Gasteiger charge is -2.26. The van der Waals surface area contributed by atoms with E-state index in [1.165, 1.54) is 6.42 Å². The van der Waals surface area contributed by atoms with Crippen molar-refractivity contribution < 1.29 is 9.84 Å². The van der Waals surface area contributed by atoms with Crippen LogP contribution < -0.4 is 0 Å². The van der Waals surface area contributed by atoms with Gasteiger partial charge in [0, 0.05) is 7.11 Å². The summed E-state index contributed by atoms with van der Waals surface area (Å²) in [5.74, 6) is 0. The minimum atomic E-state index is -0.553. The fourth-order valence-electron chi connectivity index (χ4n) is 2.13. The van der Waals surface area contributed by atoms with Gasteiger partial charge in [-0.25, -0.2) is 0 Å². The van der Waals surface area contributed by atoms with Crippen LogP contribution in [0.15, 0.2) is 0 Å². The third-order valence-electron chi connectivity index (χ3n) is 3.18. The lowest BCUT2D eigenvalue weighted by atomic mass is 9.84. The predicted molar refractivity (Wildman–Crippen MR) is 53.7 cm³/mol. The molecule has 0 saturated heterocycles. The van der Waals surface area contributed by atoms with Crippen LogP contribution in [-0.4, -0.2) is 24.4 Å². The van der Waals surface area contributed by atoms with E-state index in [0.717, 1.165) is 25.7 Å². The first-order valence-corrected chi connectivity index (χ1v) is 5.19. The van der Waals surface area contributed by atoms with Crippen LogP contribution in [0.25, 0.3) is 0 Å². The maximum absolute atomic E-state index is 10.2. The summed E-state index contributed by atoms with van der Waals surface area (Å²) >= 11 is 0. The lowest BCUT2D eigenvalue weighted by Crippen LogP contribution is -2.33. The Morgan fingerprint density at radius 2 is 1.85 bits per heavy atom. The Morgan fingerprint density at radius 1 is 1.15 bits per heavy atom. The quantitative estimate of drug-likeness (QED) is 0.671. The van der Waals surface area contributed by atoms with E-state index < -0.39 is 5.60 Å². The molecule has 1 fully saturated rings. The molecule has 1 rings (SSSR count). The molecule has 1 atom stereocenters. The summed E-state index contributed by atoms with van der Waals surface area (Å²) in [6.07, 6.45) is 5.22. The molecule has 0 amide bonds. The van der Waals surface area contributed by atoms with Gasteiger partial charge in [0.2, 0.25) is 0 Å². The Kier molecular flexibility index (Phi) is 3.36. The summed E-state index contributed by atoms with van der Waals surface area (Å²) in [5.41, 5.74) is -0.152. The Morgan fingerprint density at radius 3 is 2.46 bits per heavy atom. The average Bonchev–Trinajstić information content (AvgIpc) is 2.13. The number of ether oxygens (including phenoxy) is 1. The smallest absolute Gasteiger partial charge is 0.0880 e. The minimum Gasteiger partial charge on any atom is -0.387 e. The molecule has 1 aliphatic carbocycles. The molecule has 1 N–H and O–H groups in total. The third-order valence-corrected chi connectivity index (χ3v) is 3.18. The summed E-state index contributed by atoms with van der Waals surface area (Å²) in [6, 6.07) is 0. The second-order valence-corrected chi connectivity index (χ2v) is 5.18. The van der Waals surface area contributed by atoms with Crippen molar-refractivity contribution in [3.63, 3.8) is 0 Å². The van der Waals surface area contributed by atoms with Gasteiger partial charge in [0.1, 0.15) is 0 Å². The minimum absolute atomic E-state index is 0.401. The highest BCUT2D eigenvalue weighted by atomic mass is 16.5. The van der Waals surface area contributed by atoms with Gasteiger partial charge in [-0.05, 0) is 37.5 Å². The van der Waals surface area contributed by atoms with E-state index in [1.54, 1.807) is 7.11 Å². The summed E-state index contributed by atoms with van der Waals surface area (Å²) in [4.78, 5) is 0. The fraction of sp³-hybridized carbons (Fsp3) is 1.00. The van der Waals surface area contributed by atoms with Crippen molar-refractivity contribution in [1.29, 1.82) is 0 Å². The Balaban J connectivity index is 2.53. The molecule has 0 aliphatic heterocycles. The van der Waals surface area contributed by atoms with Gasteiger partial charge in [0.15, 0.2) is 0 Å². The largest absolute Gasteiger partial charge is 0.387 e. The summed E-state index contributed by atoms with van der Waals surface area (Å²) in [5, 5.41) is 10.2. The molecule has 0 aromatic rings. The standard InChI is InChI=1S/C11H22O2/c1-10(2)5-4-6-11(12,8-7-10)9-13-3/h12H,4-9H2,1-3H3. The van der Waals surface area contributed by atoms with Crippen molar-refractivity contribution in [2.45, 2.75) is 51.6 Å². The van der Waals surface area contributed by atoms with Crippen LogP contribution in [0.2, 0.25) is 0 Å². The van der Waals surface area contributed by atoms with Crippen molar-refractivity contribution in [3.05, 3.63) is 0 Å². The summed E-state index contributed by atoms with van der Waals surface area (Å²) < 4.78 is 5.06. The molecule has 1 unspecified atom stereocenters. The molecule has 1 saturated carbocycles. The SMILES string of the molecule is COCC1(O)CCCC(C)(C)CC1. The highest BCUT2D eigenvalue weighted by Gasteiger charge is 2.33. The average molecular weight is 186 g/mol. The van der Waals surface area contributed by atoms with Gasteiger partial charge in [-0.15, -0.1) is 0 Å². The van der Waals surface area contributed by atoms with E-state index in [2.05, 4.69) is 13.8 Å². The topological polar surface area (TPSA) is 29.5 Å². The number of methoxy groups -OCH3 is 1. The molecule has 1 aliphatic rings. The zero-order chi connectivity index (χ0) is 9.95. The second-order valence-electron chi connectivity index (χ2n) is 5.18. The molecular formula is C11H22O2. The second kappa shape index (κ2) is 3.97. The van der Waals surface area contributed by atoms with E-state index in [4.69, 9.17) is 4.74 Å². The van der Waals surface area contributed by atoms with Gasteiger partial charge in [-0.2, -0.15) is 0 Å². The summed E-state index contributed by atoms with van der Waals surface area (Å²) in [7, 11) is 1.66. The highest BCUT2D eigenvalue weighted by Crippen LogP contribution is 2.37. The Labute approximate surface area is 81.3 Å². The molecule has 2 heteroatoms. The maximum atomic E-state index is 10.2. The first-order chi connectivity index (χ1) is 5.97. The first kappa shape index (κ1) is 11.0. The van der Waals surface area contributed by atoms with Crippen LogP contribution in [0.4, 0.5) is 0 Å². The van der Waals surface area contributed by atoms with Crippen molar-refractivity contribution >= 4 is 0 Å². The normalized spacial score (nSPS) is 34.2. The number of hydrogen-bond acceptors (Lipinski definition) is 2. The van der Waals surface area contributed by atoms with Gasteiger partial charge in [-0.1, -0.05) is 13.8 Å². The van der Waals surface area contributed by atoms with E-state index in [9.17, 15) is 5.11 Å². The number of aliphatic hydroxyl groups is 1. The lowest BCUT2D eigenvalue weighted by molar-refractivity contribution is -0.0430. The van der Waals surface area contributed by atoms with Gasteiger partial charge in [-0.3, -0.25) is 0 Å². The maximum Gasteiger partial charge on any atom is 0.0880 e. The van der Waals surface area contributed by atoms with Crippen molar-refractivity contribution in [2.75, 3.05) is 13.7 Å². The molecule has 0 aromatic carbocycles. The van der Waals surface area contributed by atoms with Crippen LogP contribution >= 0.6 is 0 Å². The van der Waals surface area contributed by atoms with Gasteiger partial charge < -0.3 is 9.84 Å². The fourth-order valence-corrected chi connectivity index (χ4v) is 2.13. The molecule has 0 bridgehead atoms. The molecular weight excluding hydrogens is 164 g/mol. The number of rotatable bonds is 2. The van der Waals surface area contributed by atoms with Crippen molar-refractivity contribution in [1.82, 2.24) is 0 Å². The van der Waals surface area contributed by atoms with Crippen LogP contribution in [0.5, 0.6) is 0 Å². The van der Waals surface area contributed by atoms with Gasteiger partial charge in [0.05, 0.1) is 12.2 Å². The van der Waals surface area contributed by atoms with Crippen molar-refractivity contribution in [3.8, 4) is 0 Å².